The number of alkyl halides is 3. The number of benzene rings is 1. The van der Waals surface area contributed by atoms with Crippen molar-refractivity contribution < 1.29 is 27.9 Å². The van der Waals surface area contributed by atoms with E-state index in [1.54, 1.807) is 0 Å². The van der Waals surface area contributed by atoms with E-state index < -0.39 is 35.7 Å². The van der Waals surface area contributed by atoms with Crippen molar-refractivity contribution in [2.24, 2.45) is 0 Å². The first-order valence-electron chi connectivity index (χ1n) is 7.67. The Hall–Kier alpha value is -2.09. The molecule has 0 heterocycles. The van der Waals surface area contributed by atoms with E-state index in [1.807, 2.05) is 0 Å². The normalized spacial score (nSPS) is 21.2. The van der Waals surface area contributed by atoms with Gasteiger partial charge in [0.1, 0.15) is 0 Å². The number of carbonyl (C=O) groups excluding carboxylic acids is 2. The summed E-state index contributed by atoms with van der Waals surface area (Å²) in [5, 5.41) is 14.4. The zero-order valence-electron chi connectivity index (χ0n) is 13.1. The van der Waals surface area contributed by atoms with Gasteiger partial charge in [0.25, 0.3) is 0 Å². The number of hydrogen-bond donors (Lipinski definition) is 3. The second-order valence-corrected chi connectivity index (χ2v) is 5.86. The number of amides is 2. The Balaban J connectivity index is 2.05. The average molecular weight is 344 g/mol. The van der Waals surface area contributed by atoms with Gasteiger partial charge in [0.05, 0.1) is 17.7 Å². The van der Waals surface area contributed by atoms with Crippen LogP contribution in [0.3, 0.4) is 0 Å². The maximum atomic E-state index is 12.9. The molecule has 5 nitrogen and oxygen atoms in total. The van der Waals surface area contributed by atoms with Crippen molar-refractivity contribution in [3.05, 3.63) is 29.3 Å². The Morgan fingerprint density at radius 3 is 2.46 bits per heavy atom. The molecule has 0 aromatic heterocycles. The maximum absolute atomic E-state index is 12.9. The molecule has 0 bridgehead atoms. The van der Waals surface area contributed by atoms with Crippen molar-refractivity contribution in [1.29, 1.82) is 0 Å². The summed E-state index contributed by atoms with van der Waals surface area (Å²) in [5.74, 6) is -2.03. The van der Waals surface area contributed by atoms with Gasteiger partial charge in [0.2, 0.25) is 0 Å². The molecule has 1 aliphatic rings. The molecule has 3 N–H and O–H groups in total. The number of aliphatic hydroxyl groups excluding tert-OH is 1. The summed E-state index contributed by atoms with van der Waals surface area (Å²) in [6, 6.07) is 2.85. The SMILES string of the molecule is Cc1c(NC(=O)C(=O)NC2CCCCC2O)cccc1C(F)(F)F. The molecule has 1 aromatic carbocycles. The molecular weight excluding hydrogens is 325 g/mol. The number of rotatable bonds is 2. The van der Waals surface area contributed by atoms with Crippen LogP contribution in [-0.4, -0.2) is 29.1 Å². The molecule has 1 fully saturated rings. The van der Waals surface area contributed by atoms with Gasteiger partial charge in [-0.15, -0.1) is 0 Å². The Morgan fingerprint density at radius 2 is 1.83 bits per heavy atom. The summed E-state index contributed by atoms with van der Waals surface area (Å²) < 4.78 is 38.6. The van der Waals surface area contributed by atoms with E-state index in [4.69, 9.17) is 0 Å². The standard InChI is InChI=1S/C16H19F3N2O3/c1-9-10(16(17,18)19)5-4-7-11(9)20-14(23)15(24)21-12-6-2-3-8-13(12)22/h4-5,7,12-13,22H,2-3,6,8H2,1H3,(H,20,23)(H,21,24). The second-order valence-electron chi connectivity index (χ2n) is 5.86. The predicted octanol–water partition coefficient (Wildman–Crippen LogP) is 2.37. The van der Waals surface area contributed by atoms with E-state index in [0.717, 1.165) is 25.0 Å². The number of carbonyl (C=O) groups is 2. The first-order valence-corrected chi connectivity index (χ1v) is 7.67. The van der Waals surface area contributed by atoms with Gasteiger partial charge in [0.15, 0.2) is 0 Å². The lowest BCUT2D eigenvalue weighted by Gasteiger charge is -2.28. The fraction of sp³-hybridized carbons (Fsp3) is 0.500. The van der Waals surface area contributed by atoms with Crippen LogP contribution in [0.2, 0.25) is 0 Å². The van der Waals surface area contributed by atoms with Crippen LogP contribution in [-0.2, 0) is 15.8 Å². The molecule has 1 aliphatic carbocycles. The molecule has 0 radical (unpaired) electrons. The topological polar surface area (TPSA) is 78.4 Å². The van der Waals surface area contributed by atoms with Crippen molar-refractivity contribution >= 4 is 17.5 Å². The van der Waals surface area contributed by atoms with Crippen LogP contribution >= 0.6 is 0 Å². The maximum Gasteiger partial charge on any atom is 0.416 e. The highest BCUT2D eigenvalue weighted by Gasteiger charge is 2.33. The van der Waals surface area contributed by atoms with E-state index in [2.05, 4.69) is 10.6 Å². The first-order chi connectivity index (χ1) is 11.2. The van der Waals surface area contributed by atoms with E-state index in [9.17, 15) is 27.9 Å². The molecule has 132 valence electrons. The van der Waals surface area contributed by atoms with Crippen LogP contribution in [0.15, 0.2) is 18.2 Å². The predicted molar refractivity (Wildman–Crippen MR) is 81.2 cm³/mol. The minimum atomic E-state index is -4.54. The van der Waals surface area contributed by atoms with E-state index in [0.29, 0.717) is 12.8 Å². The summed E-state index contributed by atoms with van der Waals surface area (Å²) in [6.07, 6.45) is -2.48. The van der Waals surface area contributed by atoms with Crippen LogP contribution in [0.5, 0.6) is 0 Å². The Morgan fingerprint density at radius 1 is 1.17 bits per heavy atom. The summed E-state index contributed by atoms with van der Waals surface area (Å²) in [6.45, 7) is 1.22. The molecule has 0 saturated heterocycles. The van der Waals surface area contributed by atoms with Crippen molar-refractivity contribution in [3.63, 3.8) is 0 Å². The van der Waals surface area contributed by atoms with Crippen molar-refractivity contribution in [2.75, 3.05) is 5.32 Å². The number of anilines is 1. The molecule has 2 rings (SSSR count). The Labute approximate surface area is 137 Å². The quantitative estimate of drug-likeness (QED) is 0.721. The van der Waals surface area contributed by atoms with Crippen LogP contribution in [0.25, 0.3) is 0 Å². The van der Waals surface area contributed by atoms with Crippen LogP contribution in [0.4, 0.5) is 18.9 Å². The number of halogens is 3. The first kappa shape index (κ1) is 18.3. The summed E-state index contributed by atoms with van der Waals surface area (Å²) in [4.78, 5) is 23.8. The second kappa shape index (κ2) is 7.21. The highest BCUT2D eigenvalue weighted by atomic mass is 19.4. The van der Waals surface area contributed by atoms with E-state index >= 15 is 0 Å². The lowest BCUT2D eigenvalue weighted by Crippen LogP contribution is -2.48. The lowest BCUT2D eigenvalue weighted by atomic mass is 9.92. The Kier molecular flexibility index (Phi) is 5.48. The molecule has 2 unspecified atom stereocenters. The smallest absolute Gasteiger partial charge is 0.391 e. The average Bonchev–Trinajstić information content (AvgIpc) is 2.50. The third-order valence-electron chi connectivity index (χ3n) is 4.14. The summed E-state index contributed by atoms with van der Waals surface area (Å²) in [5.41, 5.74) is -1.11. The number of hydrogen-bond acceptors (Lipinski definition) is 3. The third-order valence-corrected chi connectivity index (χ3v) is 4.14. The van der Waals surface area contributed by atoms with E-state index in [-0.39, 0.29) is 11.3 Å². The molecule has 8 heteroatoms. The largest absolute Gasteiger partial charge is 0.416 e. The van der Waals surface area contributed by atoms with Gasteiger partial charge >= 0.3 is 18.0 Å². The molecule has 1 saturated carbocycles. The molecular formula is C16H19F3N2O3. The van der Waals surface area contributed by atoms with Crippen LogP contribution in [0.1, 0.15) is 36.8 Å². The molecule has 2 amide bonds. The monoisotopic (exact) mass is 344 g/mol. The van der Waals surface area contributed by atoms with Gasteiger partial charge in [-0.25, -0.2) is 0 Å². The van der Waals surface area contributed by atoms with Crippen molar-refractivity contribution in [1.82, 2.24) is 5.32 Å². The summed E-state index contributed by atoms with van der Waals surface area (Å²) in [7, 11) is 0. The molecule has 0 spiro atoms. The lowest BCUT2D eigenvalue weighted by molar-refractivity contribution is -0.138. The molecule has 0 aliphatic heterocycles. The van der Waals surface area contributed by atoms with Crippen molar-refractivity contribution in [2.45, 2.75) is 50.9 Å². The fourth-order valence-electron chi connectivity index (χ4n) is 2.77. The van der Waals surface area contributed by atoms with Gasteiger partial charge in [-0.05, 0) is 37.5 Å². The van der Waals surface area contributed by atoms with Crippen molar-refractivity contribution in [3.8, 4) is 0 Å². The van der Waals surface area contributed by atoms with Gasteiger partial charge in [-0.3, -0.25) is 9.59 Å². The van der Waals surface area contributed by atoms with E-state index in [1.165, 1.54) is 13.0 Å². The number of aliphatic hydroxyl groups is 1. The van der Waals surface area contributed by atoms with Gasteiger partial charge in [-0.2, -0.15) is 13.2 Å². The molecule has 1 aromatic rings. The van der Waals surface area contributed by atoms with Gasteiger partial charge < -0.3 is 15.7 Å². The zero-order valence-corrected chi connectivity index (χ0v) is 13.1. The minimum absolute atomic E-state index is 0.0748. The molecule has 2 atom stereocenters. The zero-order chi connectivity index (χ0) is 17.9. The Bertz CT molecular complexity index is 631. The number of nitrogens with one attached hydrogen (secondary N) is 2. The summed E-state index contributed by atoms with van der Waals surface area (Å²) >= 11 is 0. The van der Waals surface area contributed by atoms with Crippen LogP contribution < -0.4 is 10.6 Å². The minimum Gasteiger partial charge on any atom is -0.391 e. The third kappa shape index (κ3) is 4.25. The highest BCUT2D eigenvalue weighted by Crippen LogP contribution is 2.34. The van der Waals surface area contributed by atoms with Gasteiger partial charge in [-0.1, -0.05) is 18.9 Å². The molecule has 24 heavy (non-hydrogen) atoms. The van der Waals surface area contributed by atoms with Crippen LogP contribution in [0, 0.1) is 6.92 Å². The fourth-order valence-corrected chi connectivity index (χ4v) is 2.77. The highest BCUT2D eigenvalue weighted by molar-refractivity contribution is 6.39. The van der Waals surface area contributed by atoms with Gasteiger partial charge in [0, 0.05) is 5.69 Å².